The maximum absolute atomic E-state index is 12.3. The summed E-state index contributed by atoms with van der Waals surface area (Å²) < 4.78 is 0. The fourth-order valence-corrected chi connectivity index (χ4v) is 2.91. The molecule has 0 aliphatic rings. The van der Waals surface area contributed by atoms with Crippen LogP contribution in [0.15, 0.2) is 65.5 Å². The number of halogens is 1. The van der Waals surface area contributed by atoms with Crippen LogP contribution in [0.5, 0.6) is 0 Å². The van der Waals surface area contributed by atoms with Gasteiger partial charge in [0.25, 0.3) is 17.4 Å². The fourth-order valence-electron chi connectivity index (χ4n) is 2.78. The summed E-state index contributed by atoms with van der Waals surface area (Å²) in [6.45, 7) is 2.39. The molecule has 0 aliphatic carbocycles. The van der Waals surface area contributed by atoms with Crippen LogP contribution in [0.3, 0.4) is 0 Å². The van der Waals surface area contributed by atoms with Gasteiger partial charge in [-0.1, -0.05) is 35.4 Å². The highest BCUT2D eigenvalue weighted by molar-refractivity contribution is 6.30. The molecule has 0 spiro atoms. The first kappa shape index (κ1) is 20.4. The Morgan fingerprint density at radius 3 is 2.28 bits per heavy atom. The Labute approximate surface area is 172 Å². The molecule has 148 valence electrons. The molecule has 7 heteroatoms. The third kappa shape index (κ3) is 5.33. The van der Waals surface area contributed by atoms with Crippen LogP contribution in [0.4, 0.5) is 0 Å². The monoisotopic (exact) mass is 409 g/mol. The molecule has 1 heterocycles. The number of carbonyl (C=O) groups is 2. The Kier molecular flexibility index (Phi) is 6.46. The molecule has 3 N–H and O–H groups in total. The van der Waals surface area contributed by atoms with E-state index >= 15 is 0 Å². The highest BCUT2D eigenvalue weighted by Crippen LogP contribution is 2.16. The predicted molar refractivity (Wildman–Crippen MR) is 113 cm³/mol. The number of hydrogen-bond acceptors (Lipinski definition) is 3. The van der Waals surface area contributed by atoms with Gasteiger partial charge in [-0.3, -0.25) is 14.4 Å². The summed E-state index contributed by atoms with van der Waals surface area (Å²) in [4.78, 5) is 39.3. The van der Waals surface area contributed by atoms with Crippen molar-refractivity contribution in [1.82, 2.24) is 15.6 Å². The summed E-state index contributed by atoms with van der Waals surface area (Å²) in [6.07, 6.45) is 0. The van der Waals surface area contributed by atoms with Crippen molar-refractivity contribution < 1.29 is 9.59 Å². The Morgan fingerprint density at radius 1 is 0.931 bits per heavy atom. The number of hydrogen-bond donors (Lipinski definition) is 3. The molecule has 0 atom stereocenters. The van der Waals surface area contributed by atoms with Gasteiger partial charge in [0.15, 0.2) is 0 Å². The number of aryl methyl sites for hydroxylation is 1. The molecule has 0 fully saturated rings. The fraction of sp³-hybridized carbons (Fsp3) is 0.136. The third-order valence-corrected chi connectivity index (χ3v) is 4.54. The lowest BCUT2D eigenvalue weighted by Gasteiger charge is -2.08. The van der Waals surface area contributed by atoms with E-state index < -0.39 is 11.5 Å². The lowest BCUT2D eigenvalue weighted by Crippen LogP contribution is -2.36. The SMILES string of the molecule is Cc1cccc(-c2ccc(C(=O)NCCNC(=O)c3ccc(Cl)cc3)c(=O)[nH]2)c1. The average molecular weight is 410 g/mol. The van der Waals surface area contributed by atoms with E-state index in [9.17, 15) is 14.4 Å². The van der Waals surface area contributed by atoms with E-state index in [4.69, 9.17) is 11.6 Å². The third-order valence-electron chi connectivity index (χ3n) is 4.29. The van der Waals surface area contributed by atoms with Crippen LogP contribution >= 0.6 is 11.6 Å². The van der Waals surface area contributed by atoms with Gasteiger partial charge in [0.1, 0.15) is 5.56 Å². The Morgan fingerprint density at radius 2 is 1.62 bits per heavy atom. The minimum atomic E-state index is -0.497. The second kappa shape index (κ2) is 9.21. The highest BCUT2D eigenvalue weighted by atomic mass is 35.5. The lowest BCUT2D eigenvalue weighted by molar-refractivity contribution is 0.0927. The molecule has 29 heavy (non-hydrogen) atoms. The molecule has 2 amide bonds. The van der Waals surface area contributed by atoms with Crippen LogP contribution in [0, 0.1) is 6.92 Å². The minimum Gasteiger partial charge on any atom is -0.350 e. The van der Waals surface area contributed by atoms with Gasteiger partial charge in [-0.15, -0.1) is 0 Å². The zero-order valence-electron chi connectivity index (χ0n) is 15.8. The van der Waals surface area contributed by atoms with Gasteiger partial charge >= 0.3 is 0 Å². The van der Waals surface area contributed by atoms with Gasteiger partial charge in [0.2, 0.25) is 0 Å². The van der Waals surface area contributed by atoms with Crippen LogP contribution in [0.2, 0.25) is 5.02 Å². The number of benzene rings is 2. The lowest BCUT2D eigenvalue weighted by atomic mass is 10.1. The Bertz CT molecular complexity index is 1090. The molecule has 6 nitrogen and oxygen atoms in total. The smallest absolute Gasteiger partial charge is 0.261 e. The molecular formula is C22H20ClN3O3. The van der Waals surface area contributed by atoms with E-state index in [1.165, 1.54) is 6.07 Å². The summed E-state index contributed by atoms with van der Waals surface area (Å²) in [5, 5.41) is 5.87. The van der Waals surface area contributed by atoms with Crippen molar-refractivity contribution in [1.29, 1.82) is 0 Å². The van der Waals surface area contributed by atoms with E-state index in [1.54, 1.807) is 30.3 Å². The van der Waals surface area contributed by atoms with Crippen molar-refractivity contribution in [3.8, 4) is 11.3 Å². The first-order valence-electron chi connectivity index (χ1n) is 9.06. The van der Waals surface area contributed by atoms with Crippen molar-refractivity contribution in [2.24, 2.45) is 0 Å². The topological polar surface area (TPSA) is 91.1 Å². The van der Waals surface area contributed by atoms with Crippen LogP contribution in [-0.4, -0.2) is 29.9 Å². The van der Waals surface area contributed by atoms with Gasteiger partial charge < -0.3 is 15.6 Å². The summed E-state index contributed by atoms with van der Waals surface area (Å²) in [5.41, 5.74) is 2.62. The highest BCUT2D eigenvalue weighted by Gasteiger charge is 2.11. The number of H-pyrrole nitrogens is 1. The van der Waals surface area contributed by atoms with Crippen LogP contribution in [0.25, 0.3) is 11.3 Å². The van der Waals surface area contributed by atoms with Gasteiger partial charge in [-0.25, -0.2) is 0 Å². The minimum absolute atomic E-state index is 0.0189. The molecule has 0 aliphatic heterocycles. The Hall–Kier alpha value is -3.38. The Balaban J connectivity index is 1.55. The van der Waals surface area contributed by atoms with Gasteiger partial charge in [-0.05, 0) is 55.0 Å². The van der Waals surface area contributed by atoms with Crippen molar-refractivity contribution in [3.05, 3.63) is 92.7 Å². The van der Waals surface area contributed by atoms with Crippen molar-refractivity contribution in [3.63, 3.8) is 0 Å². The second-order valence-corrected chi connectivity index (χ2v) is 6.94. The predicted octanol–water partition coefficient (Wildman–Crippen LogP) is 3.16. The summed E-state index contributed by atoms with van der Waals surface area (Å²) in [6, 6.07) is 17.4. The zero-order chi connectivity index (χ0) is 20.8. The maximum Gasteiger partial charge on any atom is 0.261 e. The van der Waals surface area contributed by atoms with E-state index in [0.717, 1.165) is 11.1 Å². The summed E-state index contributed by atoms with van der Waals surface area (Å²) in [7, 11) is 0. The molecule has 2 aromatic carbocycles. The standard InChI is InChI=1S/C22H20ClN3O3/c1-14-3-2-4-16(13-14)19-10-9-18(22(29)26-19)21(28)25-12-11-24-20(27)15-5-7-17(23)8-6-15/h2-10,13H,11-12H2,1H3,(H,24,27)(H,25,28)(H,26,29). The van der Waals surface area contributed by atoms with Crippen LogP contribution in [-0.2, 0) is 0 Å². The van der Waals surface area contributed by atoms with E-state index in [0.29, 0.717) is 16.3 Å². The second-order valence-electron chi connectivity index (χ2n) is 6.50. The number of amides is 2. The largest absolute Gasteiger partial charge is 0.350 e. The molecule has 0 bridgehead atoms. The molecule has 0 unspecified atom stereocenters. The number of nitrogens with one attached hydrogen (secondary N) is 3. The van der Waals surface area contributed by atoms with Gasteiger partial charge in [-0.2, -0.15) is 0 Å². The van der Waals surface area contributed by atoms with Crippen molar-refractivity contribution in [2.45, 2.75) is 6.92 Å². The van der Waals surface area contributed by atoms with Crippen LogP contribution in [0.1, 0.15) is 26.3 Å². The first-order chi connectivity index (χ1) is 13.9. The maximum atomic E-state index is 12.3. The van der Waals surface area contributed by atoms with E-state index in [-0.39, 0.29) is 24.6 Å². The summed E-state index contributed by atoms with van der Waals surface area (Å²) in [5.74, 6) is -0.765. The van der Waals surface area contributed by atoms with E-state index in [2.05, 4.69) is 15.6 Å². The number of rotatable bonds is 6. The van der Waals surface area contributed by atoms with Crippen molar-refractivity contribution in [2.75, 3.05) is 13.1 Å². The van der Waals surface area contributed by atoms with Crippen LogP contribution < -0.4 is 16.2 Å². The number of pyridine rings is 1. The van der Waals surface area contributed by atoms with Crippen molar-refractivity contribution >= 4 is 23.4 Å². The molecule has 3 aromatic rings. The molecule has 3 rings (SSSR count). The number of aromatic amines is 1. The molecule has 0 saturated heterocycles. The number of carbonyl (C=O) groups excluding carboxylic acids is 2. The summed E-state index contributed by atoms with van der Waals surface area (Å²) >= 11 is 5.79. The number of aromatic nitrogens is 1. The molecule has 0 saturated carbocycles. The van der Waals surface area contributed by atoms with Gasteiger partial charge in [0, 0.05) is 29.4 Å². The normalized spacial score (nSPS) is 10.4. The first-order valence-corrected chi connectivity index (χ1v) is 9.44. The van der Waals surface area contributed by atoms with E-state index in [1.807, 2.05) is 31.2 Å². The quantitative estimate of drug-likeness (QED) is 0.546. The average Bonchev–Trinajstić information content (AvgIpc) is 2.71. The molecule has 0 radical (unpaired) electrons. The van der Waals surface area contributed by atoms with Gasteiger partial charge in [0.05, 0.1) is 0 Å². The molecular weight excluding hydrogens is 390 g/mol. The molecule has 1 aromatic heterocycles. The zero-order valence-corrected chi connectivity index (χ0v) is 16.5.